The van der Waals surface area contributed by atoms with Gasteiger partial charge in [0.25, 0.3) is 0 Å². The lowest BCUT2D eigenvalue weighted by Crippen LogP contribution is -2.30. The van der Waals surface area contributed by atoms with Gasteiger partial charge in [-0.25, -0.2) is 5.84 Å². The number of hydrogen-bond acceptors (Lipinski definition) is 4. The molecule has 0 aliphatic heterocycles. The molecule has 5 nitrogen and oxygen atoms in total. The van der Waals surface area contributed by atoms with Crippen molar-refractivity contribution in [3.8, 4) is 5.75 Å². The quantitative estimate of drug-likeness (QED) is 0.516. The van der Waals surface area contributed by atoms with E-state index in [0.29, 0.717) is 27.1 Å². The first kappa shape index (κ1) is 14.7. The summed E-state index contributed by atoms with van der Waals surface area (Å²) in [7, 11) is 0. The Morgan fingerprint density at radius 3 is 2.75 bits per heavy atom. The van der Waals surface area contributed by atoms with Crippen LogP contribution < -0.4 is 16.0 Å². The molecule has 1 aromatic carbocycles. The zero-order valence-electron chi connectivity index (χ0n) is 10.6. The molecule has 20 heavy (non-hydrogen) atoms. The zero-order chi connectivity index (χ0) is 14.7. The van der Waals surface area contributed by atoms with Gasteiger partial charge in [0.2, 0.25) is 0 Å². The van der Waals surface area contributed by atoms with E-state index >= 15 is 0 Å². The Hall–Kier alpha value is -1.69. The van der Waals surface area contributed by atoms with Gasteiger partial charge in [-0.1, -0.05) is 23.2 Å². The number of aryl methyl sites for hydroxylation is 1. The van der Waals surface area contributed by atoms with Gasteiger partial charge in [-0.2, -0.15) is 0 Å². The van der Waals surface area contributed by atoms with Crippen LogP contribution in [0.2, 0.25) is 10.0 Å². The molecule has 0 saturated carbocycles. The van der Waals surface area contributed by atoms with Crippen LogP contribution in [0.15, 0.2) is 28.7 Å². The van der Waals surface area contributed by atoms with E-state index in [0.717, 1.165) is 0 Å². The van der Waals surface area contributed by atoms with Crippen LogP contribution in [0.25, 0.3) is 0 Å². The van der Waals surface area contributed by atoms with Gasteiger partial charge in [-0.15, -0.1) is 0 Å². The molecular formula is C13H12Cl2N2O3. The van der Waals surface area contributed by atoms with Gasteiger partial charge in [0.05, 0.1) is 10.0 Å². The molecule has 0 unspecified atom stereocenters. The number of nitrogens with two attached hydrogens (primary N) is 1. The third kappa shape index (κ3) is 3.25. The van der Waals surface area contributed by atoms with E-state index in [1.165, 1.54) is 0 Å². The number of ether oxygens (including phenoxy) is 1. The fraction of sp³-hybridized carbons (Fsp3) is 0.154. The highest BCUT2D eigenvalue weighted by Crippen LogP contribution is 2.27. The lowest BCUT2D eigenvalue weighted by atomic mass is 10.2. The lowest BCUT2D eigenvalue weighted by Gasteiger charge is -2.05. The van der Waals surface area contributed by atoms with Gasteiger partial charge in [0.15, 0.2) is 5.76 Å². The summed E-state index contributed by atoms with van der Waals surface area (Å²) in [4.78, 5) is 11.4. The lowest BCUT2D eigenvalue weighted by molar-refractivity contribution is 0.0921. The van der Waals surface area contributed by atoms with Crippen LogP contribution in [0.1, 0.15) is 21.9 Å². The smallest absolute Gasteiger partial charge is 0.301 e. The summed E-state index contributed by atoms with van der Waals surface area (Å²) in [6.45, 7) is 1.91. The SMILES string of the molecule is Cc1cc(COc2ccc(Cl)c(Cl)c2)oc1C(=O)NN. The Morgan fingerprint density at radius 1 is 1.35 bits per heavy atom. The molecule has 1 amide bonds. The number of rotatable bonds is 4. The first-order valence-electron chi connectivity index (χ1n) is 5.69. The number of halogens is 2. The standard InChI is InChI=1S/C13H12Cl2N2O3/c1-7-4-9(20-12(7)13(18)17-16)6-19-8-2-3-10(14)11(15)5-8/h2-5H,6,16H2,1H3,(H,17,18). The molecule has 1 heterocycles. The first-order valence-corrected chi connectivity index (χ1v) is 6.45. The minimum atomic E-state index is -0.483. The molecule has 0 aliphatic carbocycles. The number of benzene rings is 1. The van der Waals surface area contributed by atoms with Gasteiger partial charge in [-0.3, -0.25) is 10.2 Å². The maximum atomic E-state index is 11.4. The first-order chi connectivity index (χ1) is 9.51. The average Bonchev–Trinajstić information content (AvgIpc) is 2.80. The van der Waals surface area contributed by atoms with Gasteiger partial charge >= 0.3 is 5.91 Å². The van der Waals surface area contributed by atoms with Crippen molar-refractivity contribution in [2.24, 2.45) is 5.84 Å². The van der Waals surface area contributed by atoms with Gasteiger partial charge in [0.1, 0.15) is 18.1 Å². The fourth-order valence-electron chi connectivity index (χ4n) is 1.63. The largest absolute Gasteiger partial charge is 0.486 e. The molecule has 2 rings (SSSR count). The summed E-state index contributed by atoms with van der Waals surface area (Å²) in [5, 5.41) is 0.859. The minimum Gasteiger partial charge on any atom is -0.486 e. The van der Waals surface area contributed by atoms with E-state index in [4.69, 9.17) is 38.2 Å². The Balaban J connectivity index is 2.07. The molecule has 7 heteroatoms. The molecule has 0 spiro atoms. The molecule has 0 bridgehead atoms. The van der Waals surface area contributed by atoms with Crippen LogP contribution in [-0.2, 0) is 6.61 Å². The third-order valence-electron chi connectivity index (χ3n) is 2.58. The number of furan rings is 1. The summed E-state index contributed by atoms with van der Waals surface area (Å²) < 4.78 is 10.9. The number of hydrazine groups is 1. The van der Waals surface area contributed by atoms with Crippen LogP contribution in [0, 0.1) is 6.92 Å². The molecule has 0 aliphatic rings. The zero-order valence-corrected chi connectivity index (χ0v) is 12.1. The van der Waals surface area contributed by atoms with E-state index in [2.05, 4.69) is 0 Å². The van der Waals surface area contributed by atoms with E-state index in [-0.39, 0.29) is 12.4 Å². The summed E-state index contributed by atoms with van der Waals surface area (Å²) in [6, 6.07) is 6.65. The second kappa shape index (κ2) is 6.17. The molecule has 0 radical (unpaired) electrons. The molecule has 2 aromatic rings. The number of carbonyl (C=O) groups excluding carboxylic acids is 1. The maximum Gasteiger partial charge on any atom is 0.301 e. The highest BCUT2D eigenvalue weighted by atomic mass is 35.5. The Bertz CT molecular complexity index is 641. The number of carbonyl (C=O) groups is 1. The molecule has 0 atom stereocenters. The van der Waals surface area contributed by atoms with Crippen molar-refractivity contribution in [1.29, 1.82) is 0 Å². The summed E-state index contributed by atoms with van der Waals surface area (Å²) in [5.74, 6) is 5.80. The van der Waals surface area contributed by atoms with Crippen LogP contribution in [0.3, 0.4) is 0 Å². The maximum absolute atomic E-state index is 11.4. The van der Waals surface area contributed by atoms with E-state index in [1.807, 2.05) is 5.43 Å². The second-order valence-corrected chi connectivity index (χ2v) is 4.88. The summed E-state index contributed by atoms with van der Waals surface area (Å²) in [6.07, 6.45) is 0. The molecular weight excluding hydrogens is 303 g/mol. The average molecular weight is 315 g/mol. The Morgan fingerprint density at radius 2 is 2.10 bits per heavy atom. The van der Waals surface area contributed by atoms with E-state index < -0.39 is 5.91 Å². The molecule has 0 saturated heterocycles. The monoisotopic (exact) mass is 314 g/mol. The van der Waals surface area contributed by atoms with Crippen molar-refractivity contribution in [2.45, 2.75) is 13.5 Å². The molecule has 106 valence electrons. The fourth-order valence-corrected chi connectivity index (χ4v) is 1.92. The van der Waals surface area contributed by atoms with Crippen molar-refractivity contribution in [3.05, 3.63) is 51.4 Å². The number of nitrogens with one attached hydrogen (secondary N) is 1. The number of hydrogen-bond donors (Lipinski definition) is 2. The topological polar surface area (TPSA) is 77.5 Å². The Labute approximate surface area is 125 Å². The van der Waals surface area contributed by atoms with Gasteiger partial charge < -0.3 is 9.15 Å². The molecule has 0 fully saturated rings. The highest BCUT2D eigenvalue weighted by molar-refractivity contribution is 6.42. The van der Waals surface area contributed by atoms with Crippen molar-refractivity contribution >= 4 is 29.1 Å². The van der Waals surface area contributed by atoms with Crippen LogP contribution in [0.5, 0.6) is 5.75 Å². The van der Waals surface area contributed by atoms with Crippen LogP contribution in [-0.4, -0.2) is 5.91 Å². The highest BCUT2D eigenvalue weighted by Gasteiger charge is 2.14. The van der Waals surface area contributed by atoms with Gasteiger partial charge in [-0.05, 0) is 25.1 Å². The third-order valence-corrected chi connectivity index (χ3v) is 3.32. The van der Waals surface area contributed by atoms with Crippen molar-refractivity contribution in [2.75, 3.05) is 0 Å². The predicted molar refractivity (Wildman–Crippen MR) is 75.9 cm³/mol. The van der Waals surface area contributed by atoms with Crippen LogP contribution >= 0.6 is 23.2 Å². The molecule has 3 N–H and O–H groups in total. The normalized spacial score (nSPS) is 10.4. The van der Waals surface area contributed by atoms with Crippen molar-refractivity contribution in [3.63, 3.8) is 0 Å². The minimum absolute atomic E-state index is 0.163. The van der Waals surface area contributed by atoms with E-state index in [1.54, 1.807) is 31.2 Å². The van der Waals surface area contributed by atoms with Crippen LogP contribution in [0.4, 0.5) is 0 Å². The predicted octanol–water partition coefficient (Wildman–Crippen LogP) is 3.08. The van der Waals surface area contributed by atoms with Gasteiger partial charge in [0, 0.05) is 11.6 Å². The van der Waals surface area contributed by atoms with E-state index in [9.17, 15) is 4.79 Å². The summed E-state index contributed by atoms with van der Waals surface area (Å²) >= 11 is 11.7. The van der Waals surface area contributed by atoms with Crippen molar-refractivity contribution < 1.29 is 13.9 Å². The van der Waals surface area contributed by atoms with Crippen molar-refractivity contribution in [1.82, 2.24) is 5.43 Å². The second-order valence-electron chi connectivity index (χ2n) is 4.06. The molecule has 1 aromatic heterocycles. The Kier molecular flexibility index (Phi) is 4.54. The number of amides is 1. The number of nitrogen functional groups attached to an aromatic ring is 1. The summed E-state index contributed by atoms with van der Waals surface area (Å²) in [5.41, 5.74) is 2.70.